The number of fused-ring (bicyclic) bond motifs is 1. The highest BCUT2D eigenvalue weighted by molar-refractivity contribution is 5.83. The number of Topliss-reactive ketones (excluding diaryl/α,β-unsaturated/α-hetero) is 1. The van der Waals surface area contributed by atoms with Crippen LogP contribution in [0, 0.1) is 6.92 Å². The number of imidazole rings is 1. The quantitative estimate of drug-likeness (QED) is 0.863. The van der Waals surface area contributed by atoms with Crippen LogP contribution >= 0.6 is 0 Å². The van der Waals surface area contributed by atoms with E-state index in [1.807, 2.05) is 35.7 Å². The van der Waals surface area contributed by atoms with Crippen molar-refractivity contribution in [2.45, 2.75) is 32.6 Å². The predicted molar refractivity (Wildman–Crippen MR) is 79.1 cm³/mol. The number of rotatable bonds is 3. The topological polar surface area (TPSA) is 54.7 Å². The van der Waals surface area contributed by atoms with Gasteiger partial charge in [0.15, 0.2) is 0 Å². The highest BCUT2D eigenvalue weighted by Crippen LogP contribution is 2.15. The Balaban J connectivity index is 1.67. The van der Waals surface area contributed by atoms with E-state index < -0.39 is 0 Å². The maximum Gasteiger partial charge on any atom is 0.222 e. The summed E-state index contributed by atoms with van der Waals surface area (Å²) in [6, 6.07) is 5.89. The van der Waals surface area contributed by atoms with Gasteiger partial charge in [-0.25, -0.2) is 4.98 Å². The lowest BCUT2D eigenvalue weighted by atomic mass is 10.1. The number of likely N-dealkylation sites (tertiary alicyclic amines) is 1. The monoisotopic (exact) mass is 285 g/mol. The maximum absolute atomic E-state index is 12.2. The van der Waals surface area contributed by atoms with Gasteiger partial charge in [0.2, 0.25) is 5.91 Å². The minimum atomic E-state index is 0.132. The molecule has 1 fully saturated rings. The fraction of sp³-hybridized carbons (Fsp3) is 0.438. The van der Waals surface area contributed by atoms with Crippen LogP contribution in [0.25, 0.3) is 5.65 Å². The van der Waals surface area contributed by atoms with Crippen molar-refractivity contribution in [1.82, 2.24) is 14.3 Å². The Labute approximate surface area is 123 Å². The second kappa shape index (κ2) is 5.68. The van der Waals surface area contributed by atoms with Crippen molar-refractivity contribution in [2.75, 3.05) is 13.1 Å². The largest absolute Gasteiger partial charge is 0.342 e. The molecule has 0 bridgehead atoms. The third kappa shape index (κ3) is 2.82. The second-order valence-corrected chi connectivity index (χ2v) is 5.49. The molecule has 5 nitrogen and oxygen atoms in total. The first kappa shape index (κ1) is 13.8. The van der Waals surface area contributed by atoms with Crippen molar-refractivity contribution in [3.05, 3.63) is 35.8 Å². The van der Waals surface area contributed by atoms with Gasteiger partial charge in [-0.05, 0) is 25.5 Å². The minimum Gasteiger partial charge on any atom is -0.342 e. The summed E-state index contributed by atoms with van der Waals surface area (Å²) >= 11 is 0. The molecule has 5 heteroatoms. The van der Waals surface area contributed by atoms with Crippen LogP contribution < -0.4 is 0 Å². The first-order chi connectivity index (χ1) is 10.1. The molecular formula is C16H19N3O2. The molecule has 1 amide bonds. The van der Waals surface area contributed by atoms with Gasteiger partial charge in [-0.1, -0.05) is 6.07 Å². The van der Waals surface area contributed by atoms with E-state index in [1.165, 1.54) is 0 Å². The highest BCUT2D eigenvalue weighted by Gasteiger charge is 2.21. The molecular weight excluding hydrogens is 266 g/mol. The molecule has 3 heterocycles. The van der Waals surface area contributed by atoms with Gasteiger partial charge in [-0.2, -0.15) is 0 Å². The molecule has 0 radical (unpaired) electrons. The molecule has 110 valence electrons. The molecule has 1 aliphatic heterocycles. The van der Waals surface area contributed by atoms with Gasteiger partial charge in [0.1, 0.15) is 11.4 Å². The number of amides is 1. The fourth-order valence-electron chi connectivity index (χ4n) is 2.85. The van der Waals surface area contributed by atoms with E-state index in [9.17, 15) is 9.59 Å². The third-order valence-electron chi connectivity index (χ3n) is 4.08. The fourth-order valence-corrected chi connectivity index (χ4v) is 2.85. The van der Waals surface area contributed by atoms with Crippen molar-refractivity contribution in [2.24, 2.45) is 0 Å². The summed E-state index contributed by atoms with van der Waals surface area (Å²) in [5.41, 5.74) is 2.98. The Morgan fingerprint density at radius 2 is 2.05 bits per heavy atom. The van der Waals surface area contributed by atoms with Crippen molar-refractivity contribution in [3.63, 3.8) is 0 Å². The molecule has 1 aliphatic rings. The molecule has 0 aliphatic carbocycles. The first-order valence-corrected chi connectivity index (χ1v) is 7.37. The van der Waals surface area contributed by atoms with Crippen LogP contribution in [0.1, 0.15) is 30.7 Å². The molecule has 0 saturated carbocycles. The van der Waals surface area contributed by atoms with E-state index in [0.29, 0.717) is 38.8 Å². The summed E-state index contributed by atoms with van der Waals surface area (Å²) in [5.74, 6) is 0.393. The van der Waals surface area contributed by atoms with E-state index in [1.54, 1.807) is 4.90 Å². The zero-order chi connectivity index (χ0) is 14.8. The predicted octanol–water partition coefficient (Wildman–Crippen LogP) is 1.77. The molecule has 21 heavy (non-hydrogen) atoms. The molecule has 0 unspecified atom stereocenters. The summed E-state index contributed by atoms with van der Waals surface area (Å²) in [4.78, 5) is 29.8. The third-order valence-corrected chi connectivity index (χ3v) is 4.08. The average molecular weight is 285 g/mol. The summed E-state index contributed by atoms with van der Waals surface area (Å²) in [6.07, 6.45) is 4.13. The molecule has 1 saturated heterocycles. The van der Waals surface area contributed by atoms with Crippen molar-refractivity contribution < 1.29 is 9.59 Å². The van der Waals surface area contributed by atoms with Gasteiger partial charge < -0.3 is 9.30 Å². The van der Waals surface area contributed by atoms with E-state index in [-0.39, 0.29) is 11.7 Å². The summed E-state index contributed by atoms with van der Waals surface area (Å²) in [6.45, 7) is 3.12. The highest BCUT2D eigenvalue weighted by atomic mass is 16.2. The van der Waals surface area contributed by atoms with Crippen LogP contribution in [0.4, 0.5) is 0 Å². The standard InChI is InChI=1S/C16H19N3O2/c1-12-14(19-9-3-2-4-15(19)17-12)5-6-16(21)18-10-7-13(20)8-11-18/h2-4,9H,5-8,10-11H2,1H3. The lowest BCUT2D eigenvalue weighted by Crippen LogP contribution is -2.38. The van der Waals surface area contributed by atoms with E-state index in [2.05, 4.69) is 4.98 Å². The molecule has 2 aromatic heterocycles. The van der Waals surface area contributed by atoms with Crippen LogP contribution in [0.5, 0.6) is 0 Å². The SMILES string of the molecule is Cc1nc2ccccn2c1CCC(=O)N1CCC(=O)CC1. The Hall–Kier alpha value is -2.17. The smallest absolute Gasteiger partial charge is 0.222 e. The number of nitrogens with zero attached hydrogens (tertiary/aromatic N) is 3. The van der Waals surface area contributed by atoms with Crippen LogP contribution in [0.2, 0.25) is 0 Å². The maximum atomic E-state index is 12.2. The van der Waals surface area contributed by atoms with Crippen molar-refractivity contribution >= 4 is 17.3 Å². The van der Waals surface area contributed by atoms with Gasteiger partial charge in [0.05, 0.1) is 5.69 Å². The minimum absolute atomic E-state index is 0.132. The summed E-state index contributed by atoms with van der Waals surface area (Å²) in [7, 11) is 0. The Bertz CT molecular complexity index is 680. The van der Waals surface area contributed by atoms with Crippen LogP contribution in [-0.2, 0) is 16.0 Å². The van der Waals surface area contributed by atoms with Gasteiger partial charge in [-0.15, -0.1) is 0 Å². The summed E-state index contributed by atoms with van der Waals surface area (Å²) in [5, 5.41) is 0. The average Bonchev–Trinajstić information content (AvgIpc) is 2.81. The van der Waals surface area contributed by atoms with Crippen LogP contribution in [0.3, 0.4) is 0 Å². The molecule has 0 N–H and O–H groups in total. The number of ketones is 1. The second-order valence-electron chi connectivity index (χ2n) is 5.49. The normalized spacial score (nSPS) is 15.7. The number of hydrogen-bond donors (Lipinski definition) is 0. The Morgan fingerprint density at radius 1 is 1.29 bits per heavy atom. The molecule has 0 aromatic carbocycles. The zero-order valence-corrected chi connectivity index (χ0v) is 12.2. The molecule has 0 atom stereocenters. The number of piperidine rings is 1. The zero-order valence-electron chi connectivity index (χ0n) is 12.2. The number of hydrogen-bond acceptors (Lipinski definition) is 3. The number of aromatic nitrogens is 2. The van der Waals surface area contributed by atoms with Gasteiger partial charge in [0.25, 0.3) is 0 Å². The molecule has 3 rings (SSSR count). The first-order valence-electron chi connectivity index (χ1n) is 7.37. The molecule has 2 aromatic rings. The van der Waals surface area contributed by atoms with Crippen molar-refractivity contribution in [1.29, 1.82) is 0 Å². The summed E-state index contributed by atoms with van der Waals surface area (Å²) < 4.78 is 2.04. The van der Waals surface area contributed by atoms with Gasteiger partial charge in [0, 0.05) is 44.2 Å². The lowest BCUT2D eigenvalue weighted by molar-refractivity contribution is -0.134. The number of pyridine rings is 1. The number of carbonyl (C=O) groups is 2. The number of aryl methyl sites for hydroxylation is 2. The van der Waals surface area contributed by atoms with Crippen LogP contribution in [0.15, 0.2) is 24.4 Å². The van der Waals surface area contributed by atoms with E-state index in [4.69, 9.17) is 0 Å². The van der Waals surface area contributed by atoms with Gasteiger partial charge >= 0.3 is 0 Å². The van der Waals surface area contributed by atoms with Gasteiger partial charge in [-0.3, -0.25) is 9.59 Å². The Kier molecular flexibility index (Phi) is 3.73. The number of carbonyl (C=O) groups excluding carboxylic acids is 2. The van der Waals surface area contributed by atoms with E-state index in [0.717, 1.165) is 17.0 Å². The lowest BCUT2D eigenvalue weighted by Gasteiger charge is -2.26. The van der Waals surface area contributed by atoms with E-state index >= 15 is 0 Å². The van der Waals surface area contributed by atoms with Crippen molar-refractivity contribution in [3.8, 4) is 0 Å². The Morgan fingerprint density at radius 3 is 2.81 bits per heavy atom. The molecule has 0 spiro atoms. The van der Waals surface area contributed by atoms with Crippen LogP contribution in [-0.4, -0.2) is 39.1 Å².